The summed E-state index contributed by atoms with van der Waals surface area (Å²) in [5.41, 5.74) is 0. The Bertz CT molecular complexity index is 946. The second kappa shape index (κ2) is 20.6. The van der Waals surface area contributed by atoms with Gasteiger partial charge in [-0.25, -0.2) is 0 Å². The number of amides is 3. The van der Waals surface area contributed by atoms with E-state index >= 15 is 0 Å². The predicted molar refractivity (Wildman–Crippen MR) is 154 cm³/mol. The molecule has 11 nitrogen and oxygen atoms in total. The van der Waals surface area contributed by atoms with Crippen LogP contribution in [-0.4, -0.2) is 64.8 Å². The van der Waals surface area contributed by atoms with Crippen molar-refractivity contribution in [3.8, 4) is 0 Å². The minimum atomic E-state index is -0.620. The van der Waals surface area contributed by atoms with Gasteiger partial charge in [-0.2, -0.15) is 0 Å². The zero-order chi connectivity index (χ0) is 31.5. The average Bonchev–Trinajstić information content (AvgIpc) is 2.82. The van der Waals surface area contributed by atoms with Gasteiger partial charge in [0.1, 0.15) is 28.9 Å². The van der Waals surface area contributed by atoms with Crippen LogP contribution < -0.4 is 16.0 Å². The number of carbonyl (C=O) groups excluding carboxylic acids is 8. The minimum absolute atomic E-state index is 0.00461. The smallest absolute Gasteiger partial charge is 0.222 e. The van der Waals surface area contributed by atoms with Crippen LogP contribution >= 0.6 is 0 Å². The lowest BCUT2D eigenvalue weighted by Crippen LogP contribution is -2.43. The third-order valence-electron chi connectivity index (χ3n) is 6.53. The highest BCUT2D eigenvalue weighted by Gasteiger charge is 2.23. The number of ketones is 5. The van der Waals surface area contributed by atoms with E-state index < -0.39 is 24.0 Å². The van der Waals surface area contributed by atoms with Crippen molar-refractivity contribution in [1.82, 2.24) is 16.0 Å². The zero-order valence-electron chi connectivity index (χ0n) is 25.6. The van der Waals surface area contributed by atoms with Gasteiger partial charge in [0.25, 0.3) is 0 Å². The Balaban J connectivity index is 5.16. The number of carbonyl (C=O) groups is 8. The van der Waals surface area contributed by atoms with Crippen LogP contribution in [0.4, 0.5) is 0 Å². The highest BCUT2D eigenvalue weighted by Crippen LogP contribution is 2.13. The van der Waals surface area contributed by atoms with Gasteiger partial charge >= 0.3 is 0 Å². The highest BCUT2D eigenvalue weighted by atomic mass is 16.2. The summed E-state index contributed by atoms with van der Waals surface area (Å²) in [5, 5.41) is 8.38. The molecule has 0 radical (unpaired) electrons. The van der Waals surface area contributed by atoms with Crippen LogP contribution in [0.3, 0.4) is 0 Å². The lowest BCUT2D eigenvalue weighted by Gasteiger charge is -2.23. The van der Waals surface area contributed by atoms with Crippen LogP contribution in [0, 0.1) is 5.92 Å². The number of Topliss-reactive ketones (excluding diaryl/α,β-unsaturated/α-hetero) is 5. The van der Waals surface area contributed by atoms with E-state index in [9.17, 15) is 38.4 Å². The van der Waals surface area contributed by atoms with Crippen molar-refractivity contribution in [2.24, 2.45) is 5.92 Å². The van der Waals surface area contributed by atoms with E-state index in [1.54, 1.807) is 0 Å². The SMILES string of the molecule is CC(=O)CCC(C)CC(=O)NC(CCC(C)=O)CC(=O)NC(CCC(=O)NC(CCC(C)=O)CC(C)=O)CC(C)=O. The van der Waals surface area contributed by atoms with Gasteiger partial charge in [-0.3, -0.25) is 24.0 Å². The van der Waals surface area contributed by atoms with Crippen LogP contribution in [0.2, 0.25) is 0 Å². The van der Waals surface area contributed by atoms with Crippen molar-refractivity contribution in [1.29, 1.82) is 0 Å². The summed E-state index contributed by atoms with van der Waals surface area (Å²) in [5.74, 6) is -1.43. The normalized spacial score (nSPS) is 13.7. The molecule has 0 heterocycles. The molecular weight excluding hydrogens is 530 g/mol. The Kier molecular flexibility index (Phi) is 19.0. The molecule has 0 fully saturated rings. The molecule has 4 atom stereocenters. The standard InChI is InChI=1S/C30H49N3O8/c1-19(7-8-20(2)34)15-29(40)33-27(12-10-22(4)36)18-30(41)32-26(17-24(6)38)13-14-28(39)31-25(16-23(5)37)11-9-21(3)35/h19,25-27H,7-18H2,1-6H3,(H,31,39)(H,32,41)(H,33,40). The molecule has 0 aromatic heterocycles. The van der Waals surface area contributed by atoms with Gasteiger partial charge in [-0.05, 0) is 66.2 Å². The molecule has 41 heavy (non-hydrogen) atoms. The molecule has 0 rings (SSSR count). The molecule has 11 heteroatoms. The topological polar surface area (TPSA) is 173 Å². The van der Waals surface area contributed by atoms with Crippen molar-refractivity contribution >= 4 is 46.6 Å². The molecule has 3 N–H and O–H groups in total. The lowest BCUT2D eigenvalue weighted by molar-refractivity contribution is -0.127. The van der Waals surface area contributed by atoms with E-state index in [-0.39, 0.29) is 104 Å². The first kappa shape index (κ1) is 37.8. The highest BCUT2D eigenvalue weighted by molar-refractivity contribution is 5.83. The second-order valence-electron chi connectivity index (χ2n) is 11.4. The largest absolute Gasteiger partial charge is 0.353 e. The lowest BCUT2D eigenvalue weighted by atomic mass is 9.99. The maximum atomic E-state index is 12.9. The monoisotopic (exact) mass is 579 g/mol. The van der Waals surface area contributed by atoms with Crippen LogP contribution in [-0.2, 0) is 38.4 Å². The zero-order valence-corrected chi connectivity index (χ0v) is 25.6. The van der Waals surface area contributed by atoms with E-state index in [1.165, 1.54) is 34.6 Å². The van der Waals surface area contributed by atoms with Crippen molar-refractivity contribution in [2.45, 2.75) is 137 Å². The van der Waals surface area contributed by atoms with Gasteiger partial charge in [0, 0.05) is 69.5 Å². The van der Waals surface area contributed by atoms with Crippen LogP contribution in [0.15, 0.2) is 0 Å². The molecular formula is C30H49N3O8. The van der Waals surface area contributed by atoms with Crippen molar-refractivity contribution in [3.63, 3.8) is 0 Å². The molecule has 232 valence electrons. The third-order valence-corrected chi connectivity index (χ3v) is 6.53. The summed E-state index contributed by atoms with van der Waals surface area (Å²) < 4.78 is 0. The molecule has 0 bridgehead atoms. The Hall–Kier alpha value is -3.24. The summed E-state index contributed by atoms with van der Waals surface area (Å²) in [6.45, 7) is 9.03. The van der Waals surface area contributed by atoms with Gasteiger partial charge < -0.3 is 30.3 Å². The number of nitrogens with one attached hydrogen (secondary N) is 3. The average molecular weight is 580 g/mol. The molecule has 0 saturated carbocycles. The molecule has 0 aliphatic carbocycles. The molecule has 4 unspecified atom stereocenters. The molecule has 3 amide bonds. The van der Waals surface area contributed by atoms with E-state index in [0.29, 0.717) is 19.3 Å². The molecule has 0 aromatic carbocycles. The third kappa shape index (κ3) is 22.2. The van der Waals surface area contributed by atoms with Crippen molar-refractivity contribution in [3.05, 3.63) is 0 Å². The Labute approximate surface area is 243 Å². The minimum Gasteiger partial charge on any atom is -0.353 e. The molecule has 0 saturated heterocycles. The first-order chi connectivity index (χ1) is 19.1. The number of rotatable bonds is 23. The van der Waals surface area contributed by atoms with Gasteiger partial charge in [0.2, 0.25) is 17.7 Å². The second-order valence-corrected chi connectivity index (χ2v) is 11.4. The Morgan fingerprint density at radius 2 is 0.756 bits per heavy atom. The summed E-state index contributed by atoms with van der Waals surface area (Å²) >= 11 is 0. The number of hydrogen-bond donors (Lipinski definition) is 3. The van der Waals surface area contributed by atoms with Gasteiger partial charge in [0.05, 0.1) is 0 Å². The number of hydrogen-bond acceptors (Lipinski definition) is 8. The molecule has 0 aromatic rings. The molecule has 0 aliphatic heterocycles. The summed E-state index contributed by atoms with van der Waals surface area (Å²) in [4.78, 5) is 95.5. The van der Waals surface area contributed by atoms with Gasteiger partial charge in [-0.1, -0.05) is 6.92 Å². The van der Waals surface area contributed by atoms with Crippen molar-refractivity contribution in [2.75, 3.05) is 0 Å². The quantitative estimate of drug-likeness (QED) is 0.166. The van der Waals surface area contributed by atoms with Gasteiger partial charge in [-0.15, -0.1) is 0 Å². The van der Waals surface area contributed by atoms with Crippen LogP contribution in [0.5, 0.6) is 0 Å². The molecule has 0 aliphatic rings. The van der Waals surface area contributed by atoms with Gasteiger partial charge in [0.15, 0.2) is 0 Å². The first-order valence-electron chi connectivity index (χ1n) is 14.4. The maximum absolute atomic E-state index is 12.9. The van der Waals surface area contributed by atoms with E-state index in [2.05, 4.69) is 16.0 Å². The first-order valence-corrected chi connectivity index (χ1v) is 14.4. The molecule has 0 spiro atoms. The van der Waals surface area contributed by atoms with E-state index in [0.717, 1.165) is 0 Å². The van der Waals surface area contributed by atoms with Crippen molar-refractivity contribution < 1.29 is 38.4 Å². The van der Waals surface area contributed by atoms with Crippen LogP contribution in [0.1, 0.15) is 119 Å². The fourth-order valence-corrected chi connectivity index (χ4v) is 4.40. The Morgan fingerprint density at radius 3 is 1.17 bits per heavy atom. The Morgan fingerprint density at radius 1 is 0.415 bits per heavy atom. The van der Waals surface area contributed by atoms with E-state index in [1.807, 2.05) is 6.92 Å². The fourth-order valence-electron chi connectivity index (χ4n) is 4.40. The summed E-state index contributed by atoms with van der Waals surface area (Å²) in [6, 6.07) is -1.69. The van der Waals surface area contributed by atoms with E-state index in [4.69, 9.17) is 0 Å². The predicted octanol–water partition coefficient (Wildman–Crippen LogP) is 2.70. The van der Waals surface area contributed by atoms with Crippen LogP contribution in [0.25, 0.3) is 0 Å². The summed E-state index contributed by atoms with van der Waals surface area (Å²) in [6.07, 6.45) is 2.37. The fraction of sp³-hybridized carbons (Fsp3) is 0.733. The summed E-state index contributed by atoms with van der Waals surface area (Å²) in [7, 11) is 0. The maximum Gasteiger partial charge on any atom is 0.222 e.